The fraction of sp³-hybridized carbons (Fsp3) is 0.357. The molecule has 0 aliphatic heterocycles. The van der Waals surface area contributed by atoms with Crippen molar-refractivity contribution in [1.29, 1.82) is 0 Å². The molecule has 0 amide bonds. The molecule has 2 aromatic rings. The number of hydrogen-bond acceptors (Lipinski definition) is 4. The van der Waals surface area contributed by atoms with Crippen molar-refractivity contribution in [3.8, 4) is 0 Å². The Balaban J connectivity index is 2.08. The van der Waals surface area contributed by atoms with Gasteiger partial charge in [0.25, 0.3) is 0 Å². The normalized spacial score (nSPS) is 12.9. The fourth-order valence-electron chi connectivity index (χ4n) is 2.03. The van der Waals surface area contributed by atoms with Gasteiger partial charge in [0, 0.05) is 12.7 Å². The Morgan fingerprint density at radius 1 is 1.33 bits per heavy atom. The fourth-order valence-corrected chi connectivity index (χ4v) is 2.03. The van der Waals surface area contributed by atoms with E-state index in [4.69, 9.17) is 10.2 Å². The molecular weight excluding hydrogens is 226 g/mol. The highest BCUT2D eigenvalue weighted by Gasteiger charge is 2.17. The van der Waals surface area contributed by atoms with E-state index in [1.54, 1.807) is 6.20 Å². The van der Waals surface area contributed by atoms with Crippen LogP contribution in [0.3, 0.4) is 0 Å². The van der Waals surface area contributed by atoms with Gasteiger partial charge in [0.05, 0.1) is 18.3 Å². The Bertz CT molecular complexity index is 481. The molecule has 0 aromatic carbocycles. The van der Waals surface area contributed by atoms with E-state index in [2.05, 4.69) is 9.88 Å². The van der Waals surface area contributed by atoms with Crippen LogP contribution in [0.2, 0.25) is 0 Å². The maximum absolute atomic E-state index is 5.85. The summed E-state index contributed by atoms with van der Waals surface area (Å²) in [5, 5.41) is 0. The molecule has 0 spiro atoms. The van der Waals surface area contributed by atoms with Crippen LogP contribution in [-0.4, -0.2) is 23.5 Å². The smallest absolute Gasteiger partial charge is 0.118 e. The van der Waals surface area contributed by atoms with Gasteiger partial charge in [-0.15, -0.1) is 0 Å². The highest BCUT2D eigenvalue weighted by atomic mass is 16.3. The Hall–Kier alpha value is -1.65. The van der Waals surface area contributed by atoms with Gasteiger partial charge in [-0.05, 0) is 38.2 Å². The van der Waals surface area contributed by atoms with E-state index in [0.29, 0.717) is 6.54 Å². The zero-order chi connectivity index (χ0) is 13.0. The van der Waals surface area contributed by atoms with E-state index in [1.165, 1.54) is 0 Å². The van der Waals surface area contributed by atoms with E-state index in [9.17, 15) is 0 Å². The monoisotopic (exact) mass is 245 g/mol. The third-order valence-electron chi connectivity index (χ3n) is 2.99. The molecule has 4 heteroatoms. The molecule has 2 aromatic heterocycles. The highest BCUT2D eigenvalue weighted by molar-refractivity contribution is 5.11. The van der Waals surface area contributed by atoms with Gasteiger partial charge in [-0.1, -0.05) is 6.07 Å². The van der Waals surface area contributed by atoms with E-state index in [1.807, 2.05) is 44.3 Å². The number of furan rings is 1. The van der Waals surface area contributed by atoms with Crippen LogP contribution < -0.4 is 5.73 Å². The van der Waals surface area contributed by atoms with E-state index in [-0.39, 0.29) is 6.04 Å². The topological polar surface area (TPSA) is 55.3 Å². The van der Waals surface area contributed by atoms with Gasteiger partial charge in [-0.3, -0.25) is 9.88 Å². The molecule has 0 aliphatic rings. The molecule has 96 valence electrons. The summed E-state index contributed by atoms with van der Waals surface area (Å²) in [7, 11) is 2.03. The maximum atomic E-state index is 5.85. The Morgan fingerprint density at radius 3 is 2.72 bits per heavy atom. The van der Waals surface area contributed by atoms with Crippen molar-refractivity contribution < 1.29 is 4.42 Å². The molecule has 2 rings (SSSR count). The first-order valence-corrected chi connectivity index (χ1v) is 6.07. The first-order chi connectivity index (χ1) is 8.70. The number of likely N-dealkylation sites (N-methyl/N-ethyl adjacent to an activating group) is 1. The predicted octanol–water partition coefficient (Wildman–Crippen LogP) is 2.11. The molecular formula is C14H19N3O. The van der Waals surface area contributed by atoms with Crippen LogP contribution in [0.25, 0.3) is 0 Å². The average molecular weight is 245 g/mol. The van der Waals surface area contributed by atoms with Crippen molar-refractivity contribution >= 4 is 0 Å². The number of nitrogens with two attached hydrogens (primary N) is 1. The summed E-state index contributed by atoms with van der Waals surface area (Å²) in [6.07, 6.45) is 1.79. The molecule has 0 aliphatic carbocycles. The number of hydrogen-bond donors (Lipinski definition) is 1. The Kier molecular flexibility index (Phi) is 4.12. The van der Waals surface area contributed by atoms with E-state index >= 15 is 0 Å². The summed E-state index contributed by atoms with van der Waals surface area (Å²) >= 11 is 0. The average Bonchev–Trinajstić information content (AvgIpc) is 2.77. The lowest BCUT2D eigenvalue weighted by atomic mass is 10.1. The van der Waals surface area contributed by atoms with Gasteiger partial charge in [0.2, 0.25) is 0 Å². The van der Waals surface area contributed by atoms with Gasteiger partial charge in [-0.2, -0.15) is 0 Å². The van der Waals surface area contributed by atoms with Crippen LogP contribution in [-0.2, 0) is 6.54 Å². The second kappa shape index (κ2) is 5.80. The predicted molar refractivity (Wildman–Crippen MR) is 70.9 cm³/mol. The molecule has 4 nitrogen and oxygen atoms in total. The lowest BCUT2D eigenvalue weighted by molar-refractivity contribution is 0.218. The molecule has 1 atom stereocenters. The van der Waals surface area contributed by atoms with Crippen molar-refractivity contribution in [2.24, 2.45) is 5.73 Å². The van der Waals surface area contributed by atoms with Crippen LogP contribution in [0.5, 0.6) is 0 Å². The Labute approximate surface area is 107 Å². The molecule has 0 saturated carbocycles. The number of pyridine rings is 1. The lowest BCUT2D eigenvalue weighted by Crippen LogP contribution is -2.30. The minimum absolute atomic E-state index is 0.108. The van der Waals surface area contributed by atoms with Gasteiger partial charge < -0.3 is 10.2 Å². The second-order valence-corrected chi connectivity index (χ2v) is 4.43. The van der Waals surface area contributed by atoms with Crippen LogP contribution in [0.15, 0.2) is 40.9 Å². The van der Waals surface area contributed by atoms with Gasteiger partial charge >= 0.3 is 0 Å². The molecule has 0 radical (unpaired) electrons. The molecule has 0 fully saturated rings. The van der Waals surface area contributed by atoms with Crippen LogP contribution in [0.4, 0.5) is 0 Å². The first-order valence-electron chi connectivity index (χ1n) is 6.07. The zero-order valence-corrected chi connectivity index (χ0v) is 10.8. The van der Waals surface area contributed by atoms with Crippen molar-refractivity contribution in [2.45, 2.75) is 19.5 Å². The quantitative estimate of drug-likeness (QED) is 0.876. The van der Waals surface area contributed by atoms with E-state index in [0.717, 1.165) is 23.8 Å². The van der Waals surface area contributed by atoms with Crippen LogP contribution in [0, 0.1) is 6.92 Å². The highest BCUT2D eigenvalue weighted by Crippen LogP contribution is 2.19. The summed E-state index contributed by atoms with van der Waals surface area (Å²) in [4.78, 5) is 6.52. The third-order valence-corrected chi connectivity index (χ3v) is 2.99. The minimum Gasteiger partial charge on any atom is -0.465 e. The van der Waals surface area contributed by atoms with E-state index < -0.39 is 0 Å². The maximum Gasteiger partial charge on any atom is 0.118 e. The van der Waals surface area contributed by atoms with Crippen LogP contribution >= 0.6 is 0 Å². The van der Waals surface area contributed by atoms with Crippen molar-refractivity contribution in [3.05, 3.63) is 53.7 Å². The SMILES string of the molecule is Cc1ccc(CN(C)C(CN)c2ccccn2)o1. The van der Waals surface area contributed by atoms with Crippen molar-refractivity contribution in [2.75, 3.05) is 13.6 Å². The third kappa shape index (κ3) is 2.97. The molecule has 2 heterocycles. The zero-order valence-electron chi connectivity index (χ0n) is 10.8. The number of rotatable bonds is 5. The minimum atomic E-state index is 0.108. The first kappa shape index (κ1) is 12.8. The molecule has 18 heavy (non-hydrogen) atoms. The van der Waals surface area contributed by atoms with Gasteiger partial charge in [0.15, 0.2) is 0 Å². The summed E-state index contributed by atoms with van der Waals surface area (Å²) in [6, 6.07) is 9.97. The summed E-state index contributed by atoms with van der Waals surface area (Å²) in [5.41, 5.74) is 6.84. The standard InChI is InChI=1S/C14H19N3O/c1-11-6-7-12(18-11)10-17(2)14(9-15)13-5-3-4-8-16-13/h3-8,14H,9-10,15H2,1-2H3. The molecule has 0 bridgehead atoms. The summed E-state index contributed by atoms with van der Waals surface area (Å²) in [5.74, 6) is 1.88. The lowest BCUT2D eigenvalue weighted by Gasteiger charge is -2.25. The largest absolute Gasteiger partial charge is 0.465 e. The Morgan fingerprint density at radius 2 is 2.17 bits per heavy atom. The number of nitrogens with zero attached hydrogens (tertiary/aromatic N) is 2. The van der Waals surface area contributed by atoms with Gasteiger partial charge in [-0.25, -0.2) is 0 Å². The summed E-state index contributed by atoms with van der Waals surface area (Å²) < 4.78 is 5.58. The number of aromatic nitrogens is 1. The molecule has 1 unspecified atom stereocenters. The number of aryl methyl sites for hydroxylation is 1. The van der Waals surface area contributed by atoms with Crippen molar-refractivity contribution in [1.82, 2.24) is 9.88 Å². The van der Waals surface area contributed by atoms with Crippen molar-refractivity contribution in [3.63, 3.8) is 0 Å². The van der Waals surface area contributed by atoms with Crippen LogP contribution in [0.1, 0.15) is 23.3 Å². The van der Waals surface area contributed by atoms with Gasteiger partial charge in [0.1, 0.15) is 11.5 Å². The molecule has 2 N–H and O–H groups in total. The summed E-state index contributed by atoms with van der Waals surface area (Å²) in [6.45, 7) is 3.21. The molecule has 0 saturated heterocycles. The second-order valence-electron chi connectivity index (χ2n) is 4.43.